The Kier molecular flexibility index (Phi) is 5.47. The topological polar surface area (TPSA) is 104 Å². The number of anilines is 1. The number of hydrogen-bond acceptors (Lipinski definition) is 6. The fourth-order valence-corrected chi connectivity index (χ4v) is 3.40. The zero-order valence-electron chi connectivity index (χ0n) is 14.1. The van der Waals surface area contributed by atoms with E-state index >= 15 is 0 Å². The molecule has 9 nitrogen and oxygen atoms in total. The largest absolute Gasteiger partial charge is 0.360 e. The summed E-state index contributed by atoms with van der Waals surface area (Å²) in [6.07, 6.45) is 1.10. The highest BCUT2D eigenvalue weighted by molar-refractivity contribution is 7.92. The molecule has 134 valence electrons. The minimum absolute atomic E-state index is 0.00341. The molecule has 24 heavy (non-hydrogen) atoms. The molecule has 2 amide bonds. The first-order valence-electron chi connectivity index (χ1n) is 7.63. The number of carbonyl (C=O) groups is 2. The minimum atomic E-state index is -3.56. The molecule has 1 saturated heterocycles. The van der Waals surface area contributed by atoms with Crippen LogP contribution in [-0.2, 0) is 19.6 Å². The fourth-order valence-electron chi connectivity index (χ4n) is 2.55. The molecule has 2 rings (SSSR count). The summed E-state index contributed by atoms with van der Waals surface area (Å²) in [6.45, 7) is 5.08. The van der Waals surface area contributed by atoms with Gasteiger partial charge in [-0.1, -0.05) is 5.16 Å². The molecule has 0 bridgehead atoms. The van der Waals surface area contributed by atoms with Gasteiger partial charge in [0.25, 0.3) is 0 Å². The van der Waals surface area contributed by atoms with Crippen molar-refractivity contribution in [1.82, 2.24) is 15.0 Å². The number of piperazine rings is 1. The Labute approximate surface area is 141 Å². The maximum Gasteiger partial charge on any atom is 0.233 e. The van der Waals surface area contributed by atoms with Crippen LogP contribution in [-0.4, -0.2) is 74.2 Å². The standard InChI is InChI=1S/C14H22N4O5S/c1-11-10-13(15-23-11)18(24(3,21)22)5-4-14(20)17-8-6-16(7-9-17)12(2)19/h10H,4-9H2,1-3H3. The molecule has 0 saturated carbocycles. The lowest BCUT2D eigenvalue weighted by Crippen LogP contribution is -2.50. The maximum atomic E-state index is 12.3. The summed E-state index contributed by atoms with van der Waals surface area (Å²) in [7, 11) is -3.56. The molecule has 0 aliphatic carbocycles. The molecule has 1 aromatic rings. The highest BCUT2D eigenvalue weighted by atomic mass is 32.2. The summed E-state index contributed by atoms with van der Waals surface area (Å²) in [4.78, 5) is 26.9. The molecule has 0 atom stereocenters. The molecule has 2 heterocycles. The first-order chi connectivity index (χ1) is 11.2. The molecule has 0 N–H and O–H groups in total. The summed E-state index contributed by atoms with van der Waals surface area (Å²) in [6, 6.07) is 1.51. The van der Waals surface area contributed by atoms with E-state index in [0.29, 0.717) is 31.9 Å². The van der Waals surface area contributed by atoms with Crippen LogP contribution in [0, 0.1) is 6.92 Å². The van der Waals surface area contributed by atoms with Gasteiger partial charge in [-0.05, 0) is 6.92 Å². The van der Waals surface area contributed by atoms with Crippen molar-refractivity contribution in [2.75, 3.05) is 43.3 Å². The Bertz CT molecular complexity index is 707. The van der Waals surface area contributed by atoms with Crippen LogP contribution in [0.15, 0.2) is 10.6 Å². The number of sulfonamides is 1. The van der Waals surface area contributed by atoms with E-state index in [1.807, 2.05) is 0 Å². The van der Waals surface area contributed by atoms with Crippen molar-refractivity contribution in [2.24, 2.45) is 0 Å². The molecule has 1 aliphatic rings. The molecule has 0 aromatic carbocycles. The van der Waals surface area contributed by atoms with Gasteiger partial charge >= 0.3 is 0 Å². The smallest absolute Gasteiger partial charge is 0.233 e. The number of nitrogens with zero attached hydrogens (tertiary/aromatic N) is 4. The van der Waals surface area contributed by atoms with Gasteiger partial charge in [-0.2, -0.15) is 0 Å². The summed E-state index contributed by atoms with van der Waals surface area (Å²) in [5.41, 5.74) is 0. The highest BCUT2D eigenvalue weighted by Gasteiger charge is 2.25. The third kappa shape index (κ3) is 4.47. The highest BCUT2D eigenvalue weighted by Crippen LogP contribution is 2.17. The van der Waals surface area contributed by atoms with E-state index in [1.54, 1.807) is 16.7 Å². The van der Waals surface area contributed by atoms with E-state index < -0.39 is 10.0 Å². The number of hydrogen-bond donors (Lipinski definition) is 0. The maximum absolute atomic E-state index is 12.3. The number of aryl methyl sites for hydroxylation is 1. The van der Waals surface area contributed by atoms with Crippen molar-refractivity contribution in [3.05, 3.63) is 11.8 Å². The van der Waals surface area contributed by atoms with Gasteiger partial charge in [0.2, 0.25) is 21.8 Å². The molecule has 0 spiro atoms. The van der Waals surface area contributed by atoms with Crippen molar-refractivity contribution >= 4 is 27.7 Å². The SMILES string of the molecule is CC(=O)N1CCN(C(=O)CCN(c2cc(C)on2)S(C)(=O)=O)CC1. The third-order valence-electron chi connectivity index (χ3n) is 3.88. The second kappa shape index (κ2) is 7.20. The lowest BCUT2D eigenvalue weighted by atomic mass is 10.2. The molecule has 1 fully saturated rings. The van der Waals surface area contributed by atoms with E-state index in [4.69, 9.17) is 4.52 Å². The van der Waals surface area contributed by atoms with Crippen molar-refractivity contribution in [3.8, 4) is 0 Å². The molecule has 1 aromatic heterocycles. The predicted octanol–water partition coefficient (Wildman–Crippen LogP) is -0.170. The molecule has 0 radical (unpaired) electrons. The van der Waals surface area contributed by atoms with E-state index in [1.165, 1.54) is 13.0 Å². The summed E-state index contributed by atoms with van der Waals surface area (Å²) in [5, 5.41) is 3.71. The lowest BCUT2D eigenvalue weighted by Gasteiger charge is -2.34. The van der Waals surface area contributed by atoms with Gasteiger partial charge in [-0.15, -0.1) is 0 Å². The first kappa shape index (κ1) is 18.2. The van der Waals surface area contributed by atoms with E-state index in [9.17, 15) is 18.0 Å². The average molecular weight is 358 g/mol. The van der Waals surface area contributed by atoms with Crippen LogP contribution < -0.4 is 4.31 Å². The van der Waals surface area contributed by atoms with Crippen molar-refractivity contribution < 1.29 is 22.5 Å². The van der Waals surface area contributed by atoms with Gasteiger partial charge in [0.1, 0.15) is 5.76 Å². The first-order valence-corrected chi connectivity index (χ1v) is 9.47. The molecular formula is C14H22N4O5S. The van der Waals surface area contributed by atoms with Crippen LogP contribution in [0.1, 0.15) is 19.1 Å². The van der Waals surface area contributed by atoms with Gasteiger partial charge in [-0.3, -0.25) is 13.9 Å². The van der Waals surface area contributed by atoms with Crippen molar-refractivity contribution in [3.63, 3.8) is 0 Å². The molecule has 10 heteroatoms. The fraction of sp³-hybridized carbons (Fsp3) is 0.643. The monoisotopic (exact) mass is 358 g/mol. The van der Waals surface area contributed by atoms with Crippen LogP contribution in [0.4, 0.5) is 5.82 Å². The van der Waals surface area contributed by atoms with E-state index in [2.05, 4.69) is 5.16 Å². The van der Waals surface area contributed by atoms with Crippen LogP contribution >= 0.6 is 0 Å². The number of amides is 2. The molecular weight excluding hydrogens is 336 g/mol. The second-order valence-corrected chi connectivity index (χ2v) is 7.67. The van der Waals surface area contributed by atoms with Gasteiger partial charge < -0.3 is 14.3 Å². The van der Waals surface area contributed by atoms with Gasteiger partial charge in [0.15, 0.2) is 5.82 Å². The van der Waals surface area contributed by atoms with Gasteiger partial charge in [0.05, 0.1) is 6.26 Å². The molecule has 0 unspecified atom stereocenters. The molecule has 1 aliphatic heterocycles. The Hall–Kier alpha value is -2.10. The Balaban J connectivity index is 1.95. The van der Waals surface area contributed by atoms with E-state index in [0.717, 1.165) is 10.6 Å². The summed E-state index contributed by atoms with van der Waals surface area (Å²) < 4.78 is 29.8. The van der Waals surface area contributed by atoms with E-state index in [-0.39, 0.29) is 30.6 Å². The van der Waals surface area contributed by atoms with Crippen LogP contribution in [0.2, 0.25) is 0 Å². The summed E-state index contributed by atoms with van der Waals surface area (Å²) >= 11 is 0. The number of rotatable bonds is 5. The zero-order chi connectivity index (χ0) is 17.9. The van der Waals surface area contributed by atoms with Gasteiger partial charge in [-0.25, -0.2) is 8.42 Å². The Morgan fingerprint density at radius 2 is 1.83 bits per heavy atom. The Morgan fingerprint density at radius 1 is 1.25 bits per heavy atom. The predicted molar refractivity (Wildman–Crippen MR) is 86.9 cm³/mol. The van der Waals surface area contributed by atoms with Crippen LogP contribution in [0.25, 0.3) is 0 Å². The summed E-state index contributed by atoms with van der Waals surface area (Å²) in [5.74, 6) is 0.508. The van der Waals surface area contributed by atoms with Crippen molar-refractivity contribution in [1.29, 1.82) is 0 Å². The van der Waals surface area contributed by atoms with Crippen molar-refractivity contribution in [2.45, 2.75) is 20.3 Å². The van der Waals surface area contributed by atoms with Crippen LogP contribution in [0.3, 0.4) is 0 Å². The number of carbonyl (C=O) groups excluding carboxylic acids is 2. The van der Waals surface area contributed by atoms with Crippen LogP contribution in [0.5, 0.6) is 0 Å². The minimum Gasteiger partial charge on any atom is -0.360 e. The Morgan fingerprint density at radius 3 is 2.29 bits per heavy atom. The van der Waals surface area contributed by atoms with Gasteiger partial charge in [0, 0.05) is 52.1 Å². The zero-order valence-corrected chi connectivity index (χ0v) is 14.9. The third-order valence-corrected chi connectivity index (χ3v) is 5.05. The second-order valence-electron chi connectivity index (χ2n) is 5.77. The quantitative estimate of drug-likeness (QED) is 0.724. The average Bonchev–Trinajstić information content (AvgIpc) is 2.92. The normalized spacial score (nSPS) is 15.5. The number of aromatic nitrogens is 1. The lowest BCUT2D eigenvalue weighted by molar-refractivity contribution is -0.138.